The van der Waals surface area contributed by atoms with E-state index in [0.29, 0.717) is 5.69 Å². The van der Waals surface area contributed by atoms with Crippen molar-refractivity contribution < 1.29 is 14.8 Å². The summed E-state index contributed by atoms with van der Waals surface area (Å²) in [6.07, 6.45) is 2.67. The van der Waals surface area contributed by atoms with Gasteiger partial charge in [-0.05, 0) is 25.0 Å². The molecule has 4 N–H and O–H groups in total. The van der Waals surface area contributed by atoms with Crippen LogP contribution in [-0.2, 0) is 0 Å². The molecule has 0 bridgehead atoms. The van der Waals surface area contributed by atoms with E-state index in [-0.39, 0.29) is 29.3 Å². The predicted octanol–water partition coefficient (Wildman–Crippen LogP) is 1.66. The minimum atomic E-state index is -0.703. The van der Waals surface area contributed by atoms with Gasteiger partial charge in [0.15, 0.2) is 0 Å². The second kappa shape index (κ2) is 5.69. The van der Waals surface area contributed by atoms with Crippen LogP contribution < -0.4 is 11.1 Å². The minimum absolute atomic E-state index is 0.0256. The Kier molecular flexibility index (Phi) is 4.13. The summed E-state index contributed by atoms with van der Waals surface area (Å²) in [7, 11) is 0. The summed E-state index contributed by atoms with van der Waals surface area (Å²) in [5, 5.41) is 23.8. The van der Waals surface area contributed by atoms with E-state index in [0.717, 1.165) is 19.3 Å². The number of nitro benzene ring substituents is 1. The van der Waals surface area contributed by atoms with E-state index < -0.39 is 10.8 Å². The molecule has 0 unspecified atom stereocenters. The lowest BCUT2D eigenvalue weighted by molar-refractivity contribution is -0.384. The summed E-state index contributed by atoms with van der Waals surface area (Å²) in [5.74, 6) is -0.703. The first-order valence-electron chi connectivity index (χ1n) is 6.83. The summed E-state index contributed by atoms with van der Waals surface area (Å²) < 4.78 is 0. The summed E-state index contributed by atoms with van der Waals surface area (Å²) in [6, 6.07) is 4.09. The minimum Gasteiger partial charge on any atom is -0.396 e. The van der Waals surface area contributed by atoms with Crippen molar-refractivity contribution in [3.8, 4) is 0 Å². The van der Waals surface area contributed by atoms with Crippen molar-refractivity contribution in [1.29, 1.82) is 0 Å². The lowest BCUT2D eigenvalue weighted by Crippen LogP contribution is -2.36. The fourth-order valence-corrected chi connectivity index (χ4v) is 2.81. The van der Waals surface area contributed by atoms with Crippen molar-refractivity contribution in [1.82, 2.24) is 0 Å². The van der Waals surface area contributed by atoms with Crippen LogP contribution in [0.4, 0.5) is 11.4 Å². The number of nitro groups is 1. The van der Waals surface area contributed by atoms with Gasteiger partial charge in [0.05, 0.1) is 11.5 Å². The Morgan fingerprint density at radius 1 is 1.62 bits per heavy atom. The number of amides is 1. The largest absolute Gasteiger partial charge is 0.396 e. The first-order chi connectivity index (χ1) is 9.87. The van der Waals surface area contributed by atoms with Crippen LogP contribution in [0, 0.1) is 15.5 Å². The molecular formula is C14H19N3O4. The molecule has 7 heteroatoms. The fourth-order valence-electron chi connectivity index (χ4n) is 2.81. The number of rotatable bonds is 5. The highest BCUT2D eigenvalue weighted by Gasteiger charge is 2.39. The van der Waals surface area contributed by atoms with Crippen LogP contribution in [0.25, 0.3) is 0 Å². The molecule has 2 atom stereocenters. The standard InChI is InChI=1S/C14H19N3O4/c1-14(8-18)6-2-3-12(14)16-10-5-4-9(13(15)19)7-11(10)17(20)21/h4-5,7,12,16,18H,2-3,6,8H2,1H3,(H2,15,19)/t12-,14+/m0/s1. The molecule has 1 amide bonds. The Balaban J connectivity index is 2.31. The van der Waals surface area contributed by atoms with Gasteiger partial charge in [0.2, 0.25) is 5.91 Å². The van der Waals surface area contributed by atoms with E-state index in [1.807, 2.05) is 6.92 Å². The third kappa shape index (κ3) is 2.97. The lowest BCUT2D eigenvalue weighted by atomic mass is 9.85. The highest BCUT2D eigenvalue weighted by Crippen LogP contribution is 2.40. The molecule has 1 aromatic carbocycles. The average molecular weight is 293 g/mol. The summed E-state index contributed by atoms with van der Waals surface area (Å²) >= 11 is 0. The monoisotopic (exact) mass is 293 g/mol. The highest BCUT2D eigenvalue weighted by molar-refractivity contribution is 5.94. The Hall–Kier alpha value is -2.15. The Morgan fingerprint density at radius 3 is 2.90 bits per heavy atom. The summed E-state index contributed by atoms with van der Waals surface area (Å²) in [6.45, 7) is 1.99. The third-order valence-electron chi connectivity index (χ3n) is 4.25. The van der Waals surface area contributed by atoms with E-state index in [4.69, 9.17) is 5.73 Å². The molecule has 0 radical (unpaired) electrons. The molecule has 0 heterocycles. The average Bonchev–Trinajstić information content (AvgIpc) is 2.81. The lowest BCUT2D eigenvalue weighted by Gasteiger charge is -2.30. The van der Waals surface area contributed by atoms with Gasteiger partial charge in [-0.15, -0.1) is 0 Å². The van der Waals surface area contributed by atoms with Gasteiger partial charge < -0.3 is 16.2 Å². The predicted molar refractivity (Wildman–Crippen MR) is 78.1 cm³/mol. The Bertz CT molecular complexity index is 575. The van der Waals surface area contributed by atoms with Crippen molar-refractivity contribution in [2.45, 2.75) is 32.2 Å². The summed E-state index contributed by atoms with van der Waals surface area (Å²) in [5.41, 5.74) is 5.11. The van der Waals surface area contributed by atoms with Crippen LogP contribution >= 0.6 is 0 Å². The Morgan fingerprint density at radius 2 is 2.33 bits per heavy atom. The molecule has 21 heavy (non-hydrogen) atoms. The van der Waals surface area contributed by atoms with Crippen molar-refractivity contribution in [2.24, 2.45) is 11.1 Å². The molecule has 0 aliphatic heterocycles. The van der Waals surface area contributed by atoms with Gasteiger partial charge in [0.25, 0.3) is 5.69 Å². The third-order valence-corrected chi connectivity index (χ3v) is 4.25. The molecule has 2 rings (SSSR count). The number of hydrogen-bond donors (Lipinski definition) is 3. The van der Waals surface area contributed by atoms with Crippen molar-refractivity contribution in [3.63, 3.8) is 0 Å². The second-order valence-corrected chi connectivity index (χ2v) is 5.75. The molecule has 0 aromatic heterocycles. The van der Waals surface area contributed by atoms with E-state index in [1.54, 1.807) is 0 Å². The van der Waals surface area contributed by atoms with Gasteiger partial charge in [-0.1, -0.05) is 13.3 Å². The number of primary amides is 1. The van der Waals surface area contributed by atoms with Gasteiger partial charge in [0.1, 0.15) is 5.69 Å². The van der Waals surface area contributed by atoms with Crippen LogP contribution in [0.15, 0.2) is 18.2 Å². The number of nitrogens with two attached hydrogens (primary N) is 1. The van der Waals surface area contributed by atoms with Crippen molar-refractivity contribution in [3.05, 3.63) is 33.9 Å². The van der Waals surface area contributed by atoms with E-state index >= 15 is 0 Å². The van der Waals surface area contributed by atoms with Crippen LogP contribution in [-0.4, -0.2) is 28.6 Å². The smallest absolute Gasteiger partial charge is 0.293 e. The van der Waals surface area contributed by atoms with Gasteiger partial charge in [-0.3, -0.25) is 14.9 Å². The Labute approximate surface area is 122 Å². The number of aliphatic hydroxyl groups is 1. The number of carbonyl (C=O) groups excluding carboxylic acids is 1. The fraction of sp³-hybridized carbons (Fsp3) is 0.500. The first kappa shape index (κ1) is 15.2. The number of hydrogen-bond acceptors (Lipinski definition) is 5. The maximum atomic E-state index is 11.2. The number of benzene rings is 1. The number of nitrogens with one attached hydrogen (secondary N) is 1. The van der Waals surface area contributed by atoms with Crippen molar-refractivity contribution in [2.75, 3.05) is 11.9 Å². The number of anilines is 1. The number of nitrogens with zero attached hydrogens (tertiary/aromatic N) is 1. The van der Waals surface area contributed by atoms with E-state index in [1.165, 1.54) is 18.2 Å². The van der Waals surface area contributed by atoms with Gasteiger partial charge in [-0.25, -0.2) is 0 Å². The molecule has 0 saturated heterocycles. The topological polar surface area (TPSA) is 118 Å². The maximum absolute atomic E-state index is 11.2. The molecule has 1 aliphatic rings. The zero-order valence-corrected chi connectivity index (χ0v) is 11.8. The molecule has 1 aliphatic carbocycles. The van der Waals surface area contributed by atoms with Crippen LogP contribution in [0.5, 0.6) is 0 Å². The normalized spacial score (nSPS) is 24.8. The number of aliphatic hydroxyl groups excluding tert-OH is 1. The maximum Gasteiger partial charge on any atom is 0.293 e. The molecular weight excluding hydrogens is 274 g/mol. The van der Waals surface area contributed by atoms with Crippen LogP contribution in [0.1, 0.15) is 36.5 Å². The highest BCUT2D eigenvalue weighted by atomic mass is 16.6. The molecule has 114 valence electrons. The van der Waals surface area contributed by atoms with Crippen LogP contribution in [0.3, 0.4) is 0 Å². The molecule has 0 spiro atoms. The van der Waals surface area contributed by atoms with Gasteiger partial charge in [-0.2, -0.15) is 0 Å². The zero-order chi connectivity index (χ0) is 15.6. The first-order valence-corrected chi connectivity index (χ1v) is 6.83. The van der Waals surface area contributed by atoms with Gasteiger partial charge >= 0.3 is 0 Å². The van der Waals surface area contributed by atoms with E-state index in [9.17, 15) is 20.0 Å². The number of carbonyl (C=O) groups is 1. The summed E-state index contributed by atoms with van der Waals surface area (Å²) in [4.78, 5) is 21.8. The quantitative estimate of drug-likeness (QED) is 0.563. The van der Waals surface area contributed by atoms with E-state index in [2.05, 4.69) is 5.32 Å². The zero-order valence-electron chi connectivity index (χ0n) is 11.8. The molecule has 1 aromatic rings. The molecule has 7 nitrogen and oxygen atoms in total. The van der Waals surface area contributed by atoms with Crippen molar-refractivity contribution >= 4 is 17.3 Å². The van der Waals surface area contributed by atoms with Crippen LogP contribution in [0.2, 0.25) is 0 Å². The molecule has 1 fully saturated rings. The molecule has 1 saturated carbocycles. The SMILES string of the molecule is C[C@]1(CO)CCC[C@@H]1Nc1ccc(C(N)=O)cc1[N+](=O)[O-]. The second-order valence-electron chi connectivity index (χ2n) is 5.75. The van der Waals surface area contributed by atoms with Gasteiger partial charge in [0, 0.05) is 23.1 Å².